The van der Waals surface area contributed by atoms with Crippen LogP contribution in [0.25, 0.3) is 0 Å². The minimum atomic E-state index is -0.482. The largest absolute Gasteiger partial charge is 0.366 e. The number of hydrogen-bond acceptors (Lipinski definition) is 5. The van der Waals surface area contributed by atoms with Crippen LogP contribution in [0, 0.1) is 11.3 Å². The van der Waals surface area contributed by atoms with Gasteiger partial charge in [-0.25, -0.2) is 4.98 Å². The Bertz CT molecular complexity index is 695. The fraction of sp³-hybridized carbons (Fsp3) is 0.0769. The zero-order valence-corrected chi connectivity index (χ0v) is 11.1. The molecule has 100 valence electrons. The first-order valence-electron chi connectivity index (χ1n) is 5.65. The molecule has 0 fully saturated rings. The van der Waals surface area contributed by atoms with E-state index >= 15 is 0 Å². The van der Waals surface area contributed by atoms with Crippen LogP contribution in [-0.4, -0.2) is 15.9 Å². The summed E-state index contributed by atoms with van der Waals surface area (Å²) >= 11 is 5.80. The van der Waals surface area contributed by atoms with E-state index in [0.717, 1.165) is 5.56 Å². The Morgan fingerprint density at radius 1 is 1.50 bits per heavy atom. The fourth-order valence-electron chi connectivity index (χ4n) is 1.54. The number of amides is 1. The first-order valence-corrected chi connectivity index (χ1v) is 6.03. The number of nitrogens with two attached hydrogens (primary N) is 1. The number of nitrogens with zero attached hydrogens (tertiary/aromatic N) is 3. The second-order valence-corrected chi connectivity index (χ2v) is 4.29. The van der Waals surface area contributed by atoms with Crippen LogP contribution >= 0.6 is 11.6 Å². The van der Waals surface area contributed by atoms with Gasteiger partial charge in [-0.3, -0.25) is 4.79 Å². The minimum absolute atomic E-state index is 0.0934. The van der Waals surface area contributed by atoms with E-state index in [4.69, 9.17) is 22.6 Å². The highest BCUT2D eigenvalue weighted by Crippen LogP contribution is 2.13. The third-order valence-corrected chi connectivity index (χ3v) is 2.81. The Morgan fingerprint density at radius 3 is 2.95 bits per heavy atom. The van der Waals surface area contributed by atoms with Crippen molar-refractivity contribution in [3.63, 3.8) is 0 Å². The molecule has 0 saturated carbocycles. The second-order valence-electron chi connectivity index (χ2n) is 3.93. The number of nitriles is 1. The smallest absolute Gasteiger partial charge is 0.248 e. The lowest BCUT2D eigenvalue weighted by Gasteiger charge is -2.06. The van der Waals surface area contributed by atoms with Crippen LogP contribution < -0.4 is 11.1 Å². The van der Waals surface area contributed by atoms with Crippen LogP contribution in [0.3, 0.4) is 0 Å². The van der Waals surface area contributed by atoms with Crippen LogP contribution in [-0.2, 0) is 6.54 Å². The van der Waals surface area contributed by atoms with Gasteiger partial charge in [-0.2, -0.15) is 10.2 Å². The average molecular weight is 288 g/mol. The lowest BCUT2D eigenvalue weighted by atomic mass is 10.1. The molecule has 1 heterocycles. The average Bonchev–Trinajstić information content (AvgIpc) is 2.45. The van der Waals surface area contributed by atoms with Gasteiger partial charge in [0.25, 0.3) is 0 Å². The second kappa shape index (κ2) is 5.99. The molecule has 0 saturated heterocycles. The third kappa shape index (κ3) is 3.22. The molecule has 0 radical (unpaired) electrons. The molecule has 7 heteroatoms. The normalized spacial score (nSPS) is 9.80. The van der Waals surface area contributed by atoms with Gasteiger partial charge >= 0.3 is 0 Å². The van der Waals surface area contributed by atoms with Gasteiger partial charge in [0.1, 0.15) is 11.6 Å². The van der Waals surface area contributed by atoms with Crippen molar-refractivity contribution in [3.8, 4) is 6.07 Å². The van der Waals surface area contributed by atoms with E-state index in [1.54, 1.807) is 18.2 Å². The number of hydrogen-bond donors (Lipinski definition) is 2. The summed E-state index contributed by atoms with van der Waals surface area (Å²) in [6.07, 6.45) is 1.34. The SMILES string of the molecule is N#Cc1cnc(NCc2cccc(C(N)=O)c2)nc1Cl. The summed E-state index contributed by atoms with van der Waals surface area (Å²) in [6.45, 7) is 0.406. The predicted molar refractivity (Wildman–Crippen MR) is 74.0 cm³/mol. The van der Waals surface area contributed by atoms with Crippen molar-refractivity contribution in [3.05, 3.63) is 52.3 Å². The lowest BCUT2D eigenvalue weighted by Crippen LogP contribution is -2.11. The molecule has 0 aliphatic carbocycles. The van der Waals surface area contributed by atoms with E-state index in [-0.39, 0.29) is 10.7 Å². The molecule has 1 amide bonds. The highest BCUT2D eigenvalue weighted by molar-refractivity contribution is 6.30. The predicted octanol–water partition coefficient (Wildman–Crippen LogP) is 1.71. The van der Waals surface area contributed by atoms with Crippen molar-refractivity contribution in [2.24, 2.45) is 5.73 Å². The number of halogens is 1. The first-order chi connectivity index (χ1) is 9.60. The summed E-state index contributed by atoms with van der Waals surface area (Å²) in [7, 11) is 0. The molecule has 3 N–H and O–H groups in total. The Morgan fingerprint density at radius 2 is 2.30 bits per heavy atom. The monoisotopic (exact) mass is 287 g/mol. The van der Waals surface area contributed by atoms with Crippen molar-refractivity contribution in [1.82, 2.24) is 9.97 Å². The number of aromatic nitrogens is 2. The van der Waals surface area contributed by atoms with Gasteiger partial charge in [0, 0.05) is 12.1 Å². The van der Waals surface area contributed by atoms with Crippen LogP contribution in [0.15, 0.2) is 30.5 Å². The summed E-state index contributed by atoms with van der Waals surface area (Å²) < 4.78 is 0. The Kier molecular flexibility index (Phi) is 4.13. The van der Waals surface area contributed by atoms with E-state index < -0.39 is 5.91 Å². The van der Waals surface area contributed by atoms with Crippen LogP contribution in [0.5, 0.6) is 0 Å². The first kappa shape index (κ1) is 13.8. The number of carbonyl (C=O) groups excluding carboxylic acids is 1. The number of nitrogens with one attached hydrogen (secondary N) is 1. The van der Waals surface area contributed by atoms with Crippen molar-refractivity contribution in [1.29, 1.82) is 5.26 Å². The summed E-state index contributed by atoms with van der Waals surface area (Å²) in [4.78, 5) is 19.0. The maximum atomic E-state index is 11.1. The molecule has 1 aromatic carbocycles. The molecule has 0 unspecified atom stereocenters. The summed E-state index contributed by atoms with van der Waals surface area (Å²) in [5.41, 5.74) is 6.71. The van der Waals surface area contributed by atoms with Gasteiger partial charge in [-0.15, -0.1) is 0 Å². The Labute approximate surface area is 120 Å². The minimum Gasteiger partial charge on any atom is -0.366 e. The molecule has 0 aliphatic heterocycles. The van der Waals surface area contributed by atoms with Gasteiger partial charge in [-0.1, -0.05) is 23.7 Å². The van der Waals surface area contributed by atoms with Crippen molar-refractivity contribution in [2.75, 3.05) is 5.32 Å². The van der Waals surface area contributed by atoms with Crippen molar-refractivity contribution < 1.29 is 4.79 Å². The Balaban J connectivity index is 2.09. The number of carbonyl (C=O) groups is 1. The van der Waals surface area contributed by atoms with E-state index in [1.165, 1.54) is 6.20 Å². The zero-order chi connectivity index (χ0) is 14.5. The van der Waals surface area contributed by atoms with Gasteiger partial charge in [-0.05, 0) is 17.7 Å². The molecule has 2 aromatic rings. The summed E-state index contributed by atoms with van der Waals surface area (Å²) in [5.74, 6) is -0.178. The molecule has 0 bridgehead atoms. The molecule has 0 atom stereocenters. The zero-order valence-electron chi connectivity index (χ0n) is 10.3. The lowest BCUT2D eigenvalue weighted by molar-refractivity contribution is 0.1000. The molecule has 6 nitrogen and oxygen atoms in total. The van der Waals surface area contributed by atoms with E-state index in [9.17, 15) is 4.79 Å². The van der Waals surface area contributed by atoms with Gasteiger partial charge in [0.05, 0.1) is 6.20 Å². The number of primary amides is 1. The maximum absolute atomic E-state index is 11.1. The quantitative estimate of drug-likeness (QED) is 0.833. The molecule has 1 aromatic heterocycles. The summed E-state index contributed by atoms with van der Waals surface area (Å²) in [6, 6.07) is 8.78. The van der Waals surface area contributed by atoms with Crippen molar-refractivity contribution >= 4 is 23.5 Å². The molecule has 0 spiro atoms. The Hall–Kier alpha value is -2.65. The third-order valence-electron chi connectivity index (χ3n) is 2.52. The molecule has 2 rings (SSSR count). The van der Waals surface area contributed by atoms with E-state index in [1.807, 2.05) is 12.1 Å². The van der Waals surface area contributed by atoms with Gasteiger partial charge in [0.15, 0.2) is 5.15 Å². The van der Waals surface area contributed by atoms with Crippen molar-refractivity contribution in [2.45, 2.75) is 6.54 Å². The molecular formula is C13H10ClN5O. The molecule has 20 heavy (non-hydrogen) atoms. The maximum Gasteiger partial charge on any atom is 0.248 e. The molecule has 0 aliphatic rings. The number of rotatable bonds is 4. The van der Waals surface area contributed by atoms with Crippen LogP contribution in [0.4, 0.5) is 5.95 Å². The van der Waals surface area contributed by atoms with Gasteiger partial charge < -0.3 is 11.1 Å². The van der Waals surface area contributed by atoms with Crippen LogP contribution in [0.1, 0.15) is 21.5 Å². The topological polar surface area (TPSA) is 105 Å². The number of anilines is 1. The van der Waals surface area contributed by atoms with Crippen LogP contribution in [0.2, 0.25) is 5.15 Å². The standard InChI is InChI=1S/C13H10ClN5O/c14-11-10(5-15)7-18-13(19-11)17-6-8-2-1-3-9(4-8)12(16)20/h1-4,7H,6H2,(H2,16,20)(H,17,18,19). The van der Waals surface area contributed by atoms with Gasteiger partial charge in [0.2, 0.25) is 11.9 Å². The fourth-order valence-corrected chi connectivity index (χ4v) is 1.71. The van der Waals surface area contributed by atoms with E-state index in [0.29, 0.717) is 18.1 Å². The summed E-state index contributed by atoms with van der Waals surface area (Å²) in [5, 5.41) is 11.8. The van der Waals surface area contributed by atoms with E-state index in [2.05, 4.69) is 15.3 Å². The molecular weight excluding hydrogens is 278 g/mol. The highest BCUT2D eigenvalue weighted by Gasteiger charge is 2.05. The number of benzene rings is 1. The highest BCUT2D eigenvalue weighted by atomic mass is 35.5.